The number of nitrogens with zero attached hydrogens (tertiary/aromatic N) is 1. The van der Waals surface area contributed by atoms with E-state index in [0.717, 1.165) is 0 Å². The largest absolute Gasteiger partial charge is 0.335 e. The molecule has 212 valence electrons. The van der Waals surface area contributed by atoms with Gasteiger partial charge in [-0.1, -0.05) is 128 Å². The zero-order valence-corrected chi connectivity index (χ0v) is 25.1. The van der Waals surface area contributed by atoms with E-state index in [4.69, 9.17) is 0 Å². The molecule has 1 saturated carbocycles. The molecule has 2 atom stereocenters. The Bertz CT molecular complexity index is 1970. The van der Waals surface area contributed by atoms with Crippen molar-refractivity contribution in [1.82, 2.24) is 0 Å². The third-order valence-electron chi connectivity index (χ3n) is 10.9. The van der Waals surface area contributed by atoms with Gasteiger partial charge in [-0.2, -0.15) is 0 Å². The van der Waals surface area contributed by atoms with E-state index in [-0.39, 0.29) is 11.0 Å². The molecule has 1 heterocycles. The van der Waals surface area contributed by atoms with Gasteiger partial charge in [0.1, 0.15) is 0 Å². The topological polar surface area (TPSA) is 3.24 Å². The average Bonchev–Trinajstić information content (AvgIpc) is 3.69. The fourth-order valence-corrected chi connectivity index (χ4v) is 9.03. The Morgan fingerprint density at radius 2 is 1.16 bits per heavy atom. The van der Waals surface area contributed by atoms with E-state index in [9.17, 15) is 0 Å². The second-order valence-electron chi connectivity index (χ2n) is 13.0. The van der Waals surface area contributed by atoms with Crippen LogP contribution in [0.4, 0.5) is 11.4 Å². The third kappa shape index (κ3) is 3.41. The molecule has 0 spiro atoms. The first-order chi connectivity index (χ1) is 21.7. The Morgan fingerprint density at radius 3 is 1.89 bits per heavy atom. The third-order valence-corrected chi connectivity index (χ3v) is 10.9. The van der Waals surface area contributed by atoms with Crippen LogP contribution in [0.1, 0.15) is 59.9 Å². The molecule has 0 bridgehead atoms. The maximum absolute atomic E-state index is 2.64. The van der Waals surface area contributed by atoms with Crippen LogP contribution >= 0.6 is 0 Å². The van der Waals surface area contributed by atoms with E-state index in [1.807, 2.05) is 0 Å². The highest BCUT2D eigenvalue weighted by Gasteiger charge is 2.51. The van der Waals surface area contributed by atoms with Crippen molar-refractivity contribution in [2.24, 2.45) is 0 Å². The molecule has 2 unspecified atom stereocenters. The first-order valence-electron chi connectivity index (χ1n) is 16.0. The van der Waals surface area contributed by atoms with Gasteiger partial charge in [-0.3, -0.25) is 0 Å². The van der Waals surface area contributed by atoms with Crippen molar-refractivity contribution in [2.75, 3.05) is 4.90 Å². The smallest absolute Gasteiger partial charge is 0.0713 e. The minimum atomic E-state index is -0.380. The van der Waals surface area contributed by atoms with Crippen LogP contribution in [0.2, 0.25) is 0 Å². The van der Waals surface area contributed by atoms with E-state index in [1.54, 1.807) is 0 Å². The van der Waals surface area contributed by atoms with Gasteiger partial charge in [0.25, 0.3) is 0 Å². The highest BCUT2D eigenvalue weighted by Crippen LogP contribution is 2.60. The predicted molar refractivity (Wildman–Crippen MR) is 183 cm³/mol. The molecular weight excluding hydrogens is 530 g/mol. The van der Waals surface area contributed by atoms with Crippen molar-refractivity contribution in [1.29, 1.82) is 0 Å². The van der Waals surface area contributed by atoms with Crippen LogP contribution in [0.15, 0.2) is 152 Å². The molecule has 0 saturated heterocycles. The summed E-state index contributed by atoms with van der Waals surface area (Å²) in [5.74, 6) is 0.545. The molecule has 9 rings (SSSR count). The van der Waals surface area contributed by atoms with Crippen LogP contribution < -0.4 is 4.90 Å². The molecule has 6 aromatic rings. The highest BCUT2D eigenvalue weighted by molar-refractivity contribution is 5.89. The van der Waals surface area contributed by atoms with Gasteiger partial charge in [-0.15, -0.1) is 0 Å². The van der Waals surface area contributed by atoms with Gasteiger partial charge < -0.3 is 4.90 Å². The number of benzene rings is 6. The minimum absolute atomic E-state index is 0.123. The number of anilines is 2. The van der Waals surface area contributed by atoms with Gasteiger partial charge in [-0.05, 0) is 100 Å². The van der Waals surface area contributed by atoms with Crippen molar-refractivity contribution < 1.29 is 0 Å². The Hall–Kier alpha value is -4.88. The molecule has 1 aliphatic heterocycles. The minimum Gasteiger partial charge on any atom is -0.335 e. The van der Waals surface area contributed by atoms with Crippen molar-refractivity contribution in [3.8, 4) is 22.3 Å². The van der Waals surface area contributed by atoms with Gasteiger partial charge in [0, 0.05) is 22.8 Å². The quantitative estimate of drug-likeness (QED) is 0.205. The molecule has 0 aromatic heterocycles. The molecule has 3 aliphatic rings. The summed E-state index contributed by atoms with van der Waals surface area (Å²) in [5.41, 5.74) is 14.5. The van der Waals surface area contributed by atoms with Gasteiger partial charge in [0.15, 0.2) is 0 Å². The van der Waals surface area contributed by atoms with Crippen molar-refractivity contribution in [3.63, 3.8) is 0 Å². The van der Waals surface area contributed by atoms with Gasteiger partial charge in [0.2, 0.25) is 0 Å². The monoisotopic (exact) mass is 565 g/mol. The van der Waals surface area contributed by atoms with E-state index in [0.29, 0.717) is 5.92 Å². The van der Waals surface area contributed by atoms with Crippen molar-refractivity contribution in [2.45, 2.75) is 43.1 Å². The number of rotatable bonds is 4. The van der Waals surface area contributed by atoms with Crippen molar-refractivity contribution >= 4 is 11.4 Å². The maximum Gasteiger partial charge on any atom is 0.0713 e. The van der Waals surface area contributed by atoms with E-state index in [1.165, 1.54) is 80.7 Å². The lowest BCUT2D eigenvalue weighted by Crippen LogP contribution is -2.40. The highest BCUT2D eigenvalue weighted by atomic mass is 15.2. The molecule has 0 radical (unpaired) electrons. The van der Waals surface area contributed by atoms with Crippen LogP contribution in [0.3, 0.4) is 0 Å². The molecule has 1 fully saturated rings. The van der Waals surface area contributed by atoms with Gasteiger partial charge >= 0.3 is 0 Å². The van der Waals surface area contributed by atoms with E-state index in [2.05, 4.69) is 163 Å². The predicted octanol–water partition coefficient (Wildman–Crippen LogP) is 10.9. The summed E-state index contributed by atoms with van der Waals surface area (Å²) in [6, 6.07) is 56.7. The molecule has 6 aromatic carbocycles. The molecule has 0 N–H and O–H groups in total. The lowest BCUT2D eigenvalue weighted by atomic mass is 9.67. The van der Waals surface area contributed by atoms with E-state index >= 15 is 0 Å². The van der Waals surface area contributed by atoms with Gasteiger partial charge in [0.05, 0.1) is 5.41 Å². The van der Waals surface area contributed by atoms with Gasteiger partial charge in [-0.25, -0.2) is 0 Å². The first-order valence-corrected chi connectivity index (χ1v) is 16.0. The summed E-state index contributed by atoms with van der Waals surface area (Å²) in [4.78, 5) is 2.64. The summed E-state index contributed by atoms with van der Waals surface area (Å²) in [7, 11) is 0. The van der Waals surface area contributed by atoms with Crippen LogP contribution in [0, 0.1) is 0 Å². The average molecular weight is 566 g/mol. The standard InChI is InChI=1S/C43H35N/c1-42-27-13-22-38(42)37-28-30(24-26-41(37)44(42)34-18-9-4-10-19-34)31-23-25-36-35-20-11-12-21-39(35)43(40(36)29-31,32-14-5-2-6-15-32)33-16-7-3-8-17-33/h2-12,14-21,23-26,28-29,38H,13,22,27H2,1H3. The second-order valence-corrected chi connectivity index (χ2v) is 13.0. The summed E-state index contributed by atoms with van der Waals surface area (Å²) in [5, 5.41) is 0. The first kappa shape index (κ1) is 25.6. The number of para-hydroxylation sites is 1. The lowest BCUT2D eigenvalue weighted by molar-refractivity contribution is 0.451. The summed E-state index contributed by atoms with van der Waals surface area (Å²) < 4.78 is 0. The Labute approximate surface area is 260 Å². The van der Waals surface area contributed by atoms with Crippen molar-refractivity contribution in [3.05, 3.63) is 179 Å². The molecule has 1 heteroatoms. The molecule has 2 aliphatic carbocycles. The van der Waals surface area contributed by atoms with Crippen LogP contribution in [-0.2, 0) is 5.41 Å². The zero-order chi connectivity index (χ0) is 29.3. The maximum atomic E-state index is 2.64. The van der Waals surface area contributed by atoms with Crippen LogP contribution in [0.25, 0.3) is 22.3 Å². The Balaban J connectivity index is 1.25. The molecule has 1 nitrogen and oxygen atoms in total. The molecule has 44 heavy (non-hydrogen) atoms. The molecular formula is C43H35N. The summed E-state index contributed by atoms with van der Waals surface area (Å²) in [6.07, 6.45) is 3.76. The molecule has 0 amide bonds. The zero-order valence-electron chi connectivity index (χ0n) is 25.1. The van der Waals surface area contributed by atoms with E-state index < -0.39 is 0 Å². The lowest BCUT2D eigenvalue weighted by Gasteiger charge is -2.37. The van der Waals surface area contributed by atoms with Crippen LogP contribution in [0.5, 0.6) is 0 Å². The summed E-state index contributed by atoms with van der Waals surface area (Å²) >= 11 is 0. The summed E-state index contributed by atoms with van der Waals surface area (Å²) in [6.45, 7) is 2.48. The fourth-order valence-electron chi connectivity index (χ4n) is 9.03. The normalized spacial score (nSPS) is 20.6. The Morgan fingerprint density at radius 1 is 0.568 bits per heavy atom. The number of fused-ring (bicyclic) bond motifs is 6. The van der Waals surface area contributed by atoms with Crippen LogP contribution in [-0.4, -0.2) is 5.54 Å². The fraction of sp³-hybridized carbons (Fsp3) is 0.163. The SMILES string of the molecule is CC12CCCC1c1cc(-c3ccc4c(c3)C(c3ccccc3)(c3ccccc3)c3ccccc3-4)ccc1N2c1ccccc1. The number of hydrogen-bond donors (Lipinski definition) is 0. The Kier molecular flexibility index (Phi) is 5.56. The number of hydrogen-bond acceptors (Lipinski definition) is 1. The second kappa shape index (κ2) is 9.56.